The van der Waals surface area contributed by atoms with Crippen molar-refractivity contribution < 1.29 is 4.74 Å². The van der Waals surface area contributed by atoms with Crippen LogP contribution in [-0.2, 0) is 11.3 Å². The van der Waals surface area contributed by atoms with Crippen LogP contribution in [0, 0.1) is 0 Å². The predicted octanol–water partition coefficient (Wildman–Crippen LogP) is 1.40. The van der Waals surface area contributed by atoms with Crippen LogP contribution in [0.25, 0.3) is 11.2 Å². The molecule has 3 rings (SSSR count). The smallest absolute Gasteiger partial charge is 0.178 e. The Kier molecular flexibility index (Phi) is 2.53. The molecule has 1 unspecified atom stereocenters. The molecule has 0 aliphatic carbocycles. The number of nitrogens with zero attached hydrogens (tertiary/aromatic N) is 4. The topological polar surface area (TPSA) is 52.8 Å². The molecule has 1 atom stereocenters. The molecule has 1 saturated heterocycles. The molecule has 0 bridgehead atoms. The van der Waals surface area contributed by atoms with Crippen molar-refractivity contribution in [2.45, 2.75) is 31.9 Å². The molecular formula is C11H14N4O. The number of hydrogen-bond donors (Lipinski definition) is 0. The van der Waals surface area contributed by atoms with E-state index >= 15 is 0 Å². The summed E-state index contributed by atoms with van der Waals surface area (Å²) in [6.45, 7) is 1.62. The quantitative estimate of drug-likeness (QED) is 0.764. The van der Waals surface area contributed by atoms with E-state index in [2.05, 4.69) is 15.3 Å². The van der Waals surface area contributed by atoms with E-state index in [1.165, 1.54) is 12.8 Å². The molecule has 0 amide bonds. The van der Waals surface area contributed by atoms with Gasteiger partial charge in [-0.25, -0.2) is 9.67 Å². The molecular weight excluding hydrogens is 204 g/mol. The highest BCUT2D eigenvalue weighted by atomic mass is 16.5. The number of hydrogen-bond acceptors (Lipinski definition) is 4. The van der Waals surface area contributed by atoms with Crippen molar-refractivity contribution in [3.05, 3.63) is 18.3 Å². The van der Waals surface area contributed by atoms with E-state index in [1.54, 1.807) is 6.20 Å². The lowest BCUT2D eigenvalue weighted by molar-refractivity contribution is 0.00434. The maximum Gasteiger partial charge on any atom is 0.178 e. The Morgan fingerprint density at radius 1 is 1.44 bits per heavy atom. The third-order valence-corrected chi connectivity index (χ3v) is 2.92. The Balaban J connectivity index is 1.83. The summed E-state index contributed by atoms with van der Waals surface area (Å²) >= 11 is 0. The standard InChI is InChI=1S/C11H14N4O/c1-2-7-16-9(4-1)8-15-11-10(13-14-15)5-3-6-12-11/h3,5-6,9H,1-2,4,7-8H2. The Morgan fingerprint density at radius 3 is 3.31 bits per heavy atom. The minimum atomic E-state index is 0.264. The molecule has 2 aromatic heterocycles. The highest BCUT2D eigenvalue weighted by Gasteiger charge is 2.16. The molecule has 1 aliphatic heterocycles. The van der Waals surface area contributed by atoms with Gasteiger partial charge in [-0.15, -0.1) is 5.10 Å². The van der Waals surface area contributed by atoms with Crippen LogP contribution in [0.1, 0.15) is 19.3 Å². The van der Waals surface area contributed by atoms with Crippen molar-refractivity contribution in [2.24, 2.45) is 0 Å². The first-order chi connectivity index (χ1) is 7.93. The summed E-state index contributed by atoms with van der Waals surface area (Å²) in [4.78, 5) is 4.29. The average molecular weight is 218 g/mol. The van der Waals surface area contributed by atoms with Gasteiger partial charge in [0.05, 0.1) is 12.6 Å². The molecule has 1 fully saturated rings. The molecule has 84 valence electrons. The first-order valence-electron chi connectivity index (χ1n) is 5.69. The minimum absolute atomic E-state index is 0.264. The lowest BCUT2D eigenvalue weighted by Gasteiger charge is -2.22. The summed E-state index contributed by atoms with van der Waals surface area (Å²) < 4.78 is 7.52. The van der Waals surface area contributed by atoms with Gasteiger partial charge in [0.25, 0.3) is 0 Å². The van der Waals surface area contributed by atoms with Gasteiger partial charge in [0.15, 0.2) is 5.65 Å². The zero-order valence-corrected chi connectivity index (χ0v) is 9.04. The van der Waals surface area contributed by atoms with Crippen molar-refractivity contribution in [1.29, 1.82) is 0 Å². The second-order valence-electron chi connectivity index (χ2n) is 4.11. The van der Waals surface area contributed by atoms with E-state index < -0.39 is 0 Å². The van der Waals surface area contributed by atoms with Crippen molar-refractivity contribution in [3.63, 3.8) is 0 Å². The van der Waals surface area contributed by atoms with Crippen LogP contribution in [0.3, 0.4) is 0 Å². The number of fused-ring (bicyclic) bond motifs is 1. The van der Waals surface area contributed by atoms with Gasteiger partial charge in [0.2, 0.25) is 0 Å². The lowest BCUT2D eigenvalue weighted by Crippen LogP contribution is -2.25. The number of ether oxygens (including phenoxy) is 1. The van der Waals surface area contributed by atoms with E-state index in [9.17, 15) is 0 Å². The monoisotopic (exact) mass is 218 g/mol. The van der Waals surface area contributed by atoms with Gasteiger partial charge in [-0.3, -0.25) is 0 Å². The first kappa shape index (κ1) is 9.72. The van der Waals surface area contributed by atoms with Crippen LogP contribution >= 0.6 is 0 Å². The summed E-state index contributed by atoms with van der Waals surface area (Å²) in [7, 11) is 0. The van der Waals surface area contributed by atoms with Gasteiger partial charge in [-0.05, 0) is 31.4 Å². The van der Waals surface area contributed by atoms with E-state index in [0.717, 1.165) is 30.7 Å². The van der Waals surface area contributed by atoms with Crippen LogP contribution in [0.5, 0.6) is 0 Å². The van der Waals surface area contributed by atoms with Crippen molar-refractivity contribution in [3.8, 4) is 0 Å². The molecule has 5 nitrogen and oxygen atoms in total. The van der Waals surface area contributed by atoms with Crippen molar-refractivity contribution in [2.75, 3.05) is 6.61 Å². The Labute approximate surface area is 93.4 Å². The summed E-state index contributed by atoms with van der Waals surface area (Å²) in [6, 6.07) is 3.80. The Morgan fingerprint density at radius 2 is 2.44 bits per heavy atom. The molecule has 0 spiro atoms. The molecule has 5 heteroatoms. The number of pyridine rings is 1. The average Bonchev–Trinajstić information content (AvgIpc) is 2.74. The second-order valence-corrected chi connectivity index (χ2v) is 4.11. The van der Waals surface area contributed by atoms with Crippen LogP contribution < -0.4 is 0 Å². The second kappa shape index (κ2) is 4.17. The Hall–Kier alpha value is -1.49. The number of aromatic nitrogens is 4. The van der Waals surface area contributed by atoms with Crippen molar-refractivity contribution in [1.82, 2.24) is 20.0 Å². The summed E-state index contributed by atoms with van der Waals surface area (Å²) in [5, 5.41) is 8.19. The van der Waals surface area contributed by atoms with Crippen LogP contribution in [0.4, 0.5) is 0 Å². The van der Waals surface area contributed by atoms with E-state index in [0.29, 0.717) is 0 Å². The van der Waals surface area contributed by atoms with Gasteiger partial charge in [-0.1, -0.05) is 5.21 Å². The largest absolute Gasteiger partial charge is 0.376 e. The van der Waals surface area contributed by atoms with Crippen molar-refractivity contribution >= 4 is 11.2 Å². The maximum absolute atomic E-state index is 5.68. The van der Waals surface area contributed by atoms with Gasteiger partial charge in [0.1, 0.15) is 5.52 Å². The van der Waals surface area contributed by atoms with Gasteiger partial charge < -0.3 is 4.74 Å². The number of rotatable bonds is 2. The molecule has 16 heavy (non-hydrogen) atoms. The lowest BCUT2D eigenvalue weighted by atomic mass is 10.1. The molecule has 1 aliphatic rings. The molecule has 0 N–H and O–H groups in total. The highest BCUT2D eigenvalue weighted by Crippen LogP contribution is 2.15. The zero-order valence-electron chi connectivity index (χ0n) is 9.04. The zero-order chi connectivity index (χ0) is 10.8. The minimum Gasteiger partial charge on any atom is -0.376 e. The molecule has 0 saturated carbocycles. The molecule has 0 radical (unpaired) electrons. The third-order valence-electron chi connectivity index (χ3n) is 2.92. The van der Waals surface area contributed by atoms with Crippen LogP contribution in [0.15, 0.2) is 18.3 Å². The molecule has 2 aromatic rings. The van der Waals surface area contributed by atoms with E-state index in [-0.39, 0.29) is 6.10 Å². The van der Waals surface area contributed by atoms with E-state index in [1.807, 2.05) is 16.8 Å². The maximum atomic E-state index is 5.68. The summed E-state index contributed by atoms with van der Waals surface area (Å²) in [5.74, 6) is 0. The predicted molar refractivity (Wildman–Crippen MR) is 58.9 cm³/mol. The van der Waals surface area contributed by atoms with Gasteiger partial charge in [0, 0.05) is 12.8 Å². The fourth-order valence-electron chi connectivity index (χ4n) is 2.08. The summed E-state index contributed by atoms with van der Waals surface area (Å²) in [5.41, 5.74) is 1.69. The fraction of sp³-hybridized carbons (Fsp3) is 0.545. The highest BCUT2D eigenvalue weighted by molar-refractivity contribution is 5.68. The third kappa shape index (κ3) is 1.78. The van der Waals surface area contributed by atoms with Crippen LogP contribution in [-0.4, -0.2) is 32.7 Å². The van der Waals surface area contributed by atoms with Gasteiger partial charge >= 0.3 is 0 Å². The van der Waals surface area contributed by atoms with Crippen LogP contribution in [0.2, 0.25) is 0 Å². The van der Waals surface area contributed by atoms with Gasteiger partial charge in [-0.2, -0.15) is 0 Å². The fourth-order valence-corrected chi connectivity index (χ4v) is 2.08. The first-order valence-corrected chi connectivity index (χ1v) is 5.69. The SMILES string of the molecule is c1cnc2c(c1)nnn2CC1CCCCO1. The van der Waals surface area contributed by atoms with E-state index in [4.69, 9.17) is 4.74 Å². The Bertz CT molecular complexity index is 476. The molecule has 0 aromatic carbocycles. The normalized spacial score (nSPS) is 21.4. The molecule has 3 heterocycles. The summed E-state index contributed by atoms with van der Waals surface area (Å²) in [6.07, 6.45) is 5.55.